The molecule has 0 amide bonds. The van der Waals surface area contributed by atoms with E-state index >= 15 is 0 Å². The zero-order valence-corrected chi connectivity index (χ0v) is 17.4. The fourth-order valence-electron chi connectivity index (χ4n) is 3.55. The van der Waals surface area contributed by atoms with E-state index in [0.29, 0.717) is 12.1 Å². The maximum absolute atomic E-state index is 11.1. The van der Waals surface area contributed by atoms with Gasteiger partial charge >= 0.3 is 0 Å². The van der Waals surface area contributed by atoms with E-state index in [-0.39, 0.29) is 11.8 Å². The van der Waals surface area contributed by atoms with Crippen molar-refractivity contribution in [2.24, 2.45) is 0 Å². The highest BCUT2D eigenvalue weighted by molar-refractivity contribution is 5.86. The van der Waals surface area contributed by atoms with Crippen molar-refractivity contribution in [3.05, 3.63) is 89.2 Å². The van der Waals surface area contributed by atoms with E-state index in [1.807, 2.05) is 87.5 Å². The topological polar surface area (TPSA) is 67.3 Å². The quantitative estimate of drug-likeness (QED) is 0.445. The molecule has 0 aliphatic carbocycles. The minimum atomic E-state index is -0.304. The molecule has 2 aromatic carbocycles. The predicted octanol–water partition coefficient (Wildman–Crippen LogP) is 5.55. The Morgan fingerprint density at radius 1 is 0.900 bits per heavy atom. The molecule has 1 atom stereocenters. The summed E-state index contributed by atoms with van der Waals surface area (Å²) in [4.78, 5) is 9.14. The lowest BCUT2D eigenvalue weighted by atomic mass is 9.96. The van der Waals surface area contributed by atoms with E-state index in [4.69, 9.17) is 4.74 Å². The monoisotopic (exact) mass is 399 g/mol. The minimum Gasteiger partial charge on any atom is -0.505 e. The Bertz CT molecular complexity index is 1170. The van der Waals surface area contributed by atoms with Gasteiger partial charge in [0.15, 0.2) is 0 Å². The molecule has 0 spiro atoms. The van der Waals surface area contributed by atoms with Gasteiger partial charge in [-0.3, -0.25) is 0 Å². The summed E-state index contributed by atoms with van der Waals surface area (Å²) in [5, 5.41) is 15.5. The molecular weight excluding hydrogens is 374 g/mol. The van der Waals surface area contributed by atoms with Crippen molar-refractivity contribution in [2.45, 2.75) is 26.8 Å². The Hall–Kier alpha value is -3.60. The summed E-state index contributed by atoms with van der Waals surface area (Å²) >= 11 is 0. The van der Waals surface area contributed by atoms with Crippen molar-refractivity contribution in [1.82, 2.24) is 9.97 Å². The summed E-state index contributed by atoms with van der Waals surface area (Å²) in [7, 11) is 0. The van der Waals surface area contributed by atoms with Crippen LogP contribution in [0.4, 0.5) is 5.82 Å². The number of aromatic nitrogens is 2. The number of pyridine rings is 2. The summed E-state index contributed by atoms with van der Waals surface area (Å²) in [6, 6.07) is 21.3. The van der Waals surface area contributed by atoms with Gasteiger partial charge in [-0.1, -0.05) is 36.4 Å². The lowest BCUT2D eigenvalue weighted by molar-refractivity contribution is 0.340. The number of nitrogens with one attached hydrogen (secondary N) is 1. The number of aryl methyl sites for hydroxylation is 2. The molecule has 0 unspecified atom stereocenters. The smallest absolute Gasteiger partial charge is 0.147 e. The number of fused-ring (bicyclic) bond motifs is 1. The molecule has 4 aromatic rings. The molecule has 152 valence electrons. The van der Waals surface area contributed by atoms with Crippen molar-refractivity contribution in [1.29, 1.82) is 0 Å². The fourth-order valence-corrected chi connectivity index (χ4v) is 3.55. The SMILES string of the molecule is CCOc1ccc([C@H](Nc2cccc(C)n2)c2ccc3ccc(C)nc3c2O)cc1. The van der Waals surface area contributed by atoms with E-state index in [1.165, 1.54) is 0 Å². The van der Waals surface area contributed by atoms with Crippen LogP contribution >= 0.6 is 0 Å². The number of rotatable bonds is 6. The number of nitrogens with zero attached hydrogens (tertiary/aromatic N) is 2. The number of aromatic hydroxyl groups is 1. The van der Waals surface area contributed by atoms with Gasteiger partial charge in [-0.2, -0.15) is 0 Å². The molecule has 2 heterocycles. The Labute approximate surface area is 176 Å². The molecule has 2 aromatic heterocycles. The number of phenols is 1. The molecule has 0 saturated carbocycles. The van der Waals surface area contributed by atoms with Crippen LogP contribution in [0.15, 0.2) is 66.7 Å². The fraction of sp³-hybridized carbons (Fsp3) is 0.200. The Balaban J connectivity index is 1.82. The predicted molar refractivity (Wildman–Crippen MR) is 120 cm³/mol. The Morgan fingerprint density at radius 2 is 1.63 bits per heavy atom. The van der Waals surface area contributed by atoms with Crippen molar-refractivity contribution < 1.29 is 9.84 Å². The normalized spacial score (nSPS) is 12.0. The van der Waals surface area contributed by atoms with Gasteiger partial charge in [0.1, 0.15) is 22.8 Å². The van der Waals surface area contributed by atoms with Crippen LogP contribution in [0.3, 0.4) is 0 Å². The van der Waals surface area contributed by atoms with Gasteiger partial charge in [-0.15, -0.1) is 0 Å². The van der Waals surface area contributed by atoms with Gasteiger partial charge in [-0.05, 0) is 56.7 Å². The second-order valence-electron chi connectivity index (χ2n) is 7.27. The molecule has 0 aliphatic heterocycles. The third kappa shape index (κ3) is 4.06. The maximum atomic E-state index is 11.1. The third-order valence-corrected chi connectivity index (χ3v) is 5.02. The molecule has 0 fully saturated rings. The Kier molecular flexibility index (Phi) is 5.53. The zero-order chi connectivity index (χ0) is 21.1. The average molecular weight is 399 g/mol. The number of hydrogen-bond acceptors (Lipinski definition) is 5. The van der Waals surface area contributed by atoms with Crippen molar-refractivity contribution in [2.75, 3.05) is 11.9 Å². The van der Waals surface area contributed by atoms with Crippen molar-refractivity contribution in [3.8, 4) is 11.5 Å². The van der Waals surface area contributed by atoms with Crippen LogP contribution in [0.2, 0.25) is 0 Å². The van der Waals surface area contributed by atoms with Gasteiger partial charge in [0, 0.05) is 22.3 Å². The van der Waals surface area contributed by atoms with E-state index in [9.17, 15) is 5.11 Å². The lowest BCUT2D eigenvalue weighted by Gasteiger charge is -2.22. The highest BCUT2D eigenvalue weighted by Crippen LogP contribution is 2.36. The summed E-state index contributed by atoms with van der Waals surface area (Å²) < 4.78 is 5.58. The van der Waals surface area contributed by atoms with Crippen LogP contribution < -0.4 is 10.1 Å². The van der Waals surface area contributed by atoms with E-state index < -0.39 is 0 Å². The summed E-state index contributed by atoms with van der Waals surface area (Å²) in [5.41, 5.74) is 4.12. The van der Waals surface area contributed by atoms with E-state index in [2.05, 4.69) is 15.3 Å². The van der Waals surface area contributed by atoms with Crippen LogP contribution in [-0.2, 0) is 0 Å². The van der Waals surface area contributed by atoms with Crippen molar-refractivity contribution in [3.63, 3.8) is 0 Å². The molecule has 5 heteroatoms. The first-order chi connectivity index (χ1) is 14.5. The molecular formula is C25H25N3O2. The molecule has 2 N–H and O–H groups in total. The maximum Gasteiger partial charge on any atom is 0.147 e. The van der Waals surface area contributed by atoms with Crippen LogP contribution in [0.1, 0.15) is 35.5 Å². The Morgan fingerprint density at radius 3 is 2.37 bits per heavy atom. The number of anilines is 1. The van der Waals surface area contributed by atoms with Gasteiger partial charge < -0.3 is 15.2 Å². The molecule has 0 aliphatic rings. The minimum absolute atomic E-state index is 0.176. The number of hydrogen-bond donors (Lipinski definition) is 2. The summed E-state index contributed by atoms with van der Waals surface area (Å²) in [6.45, 7) is 6.45. The third-order valence-electron chi connectivity index (χ3n) is 5.02. The molecule has 30 heavy (non-hydrogen) atoms. The van der Waals surface area contributed by atoms with Crippen LogP contribution in [-0.4, -0.2) is 21.7 Å². The summed E-state index contributed by atoms with van der Waals surface area (Å²) in [5.74, 6) is 1.73. The number of phenolic OH excluding ortho intramolecular Hbond substituents is 1. The molecule has 0 radical (unpaired) electrons. The molecule has 4 rings (SSSR count). The van der Waals surface area contributed by atoms with E-state index in [1.54, 1.807) is 0 Å². The van der Waals surface area contributed by atoms with E-state index in [0.717, 1.165) is 39.5 Å². The van der Waals surface area contributed by atoms with Gasteiger partial charge in [-0.25, -0.2) is 9.97 Å². The largest absolute Gasteiger partial charge is 0.505 e. The van der Waals surface area contributed by atoms with Gasteiger partial charge in [0.2, 0.25) is 0 Å². The molecule has 0 bridgehead atoms. The lowest BCUT2D eigenvalue weighted by Crippen LogP contribution is -2.14. The number of ether oxygens (including phenoxy) is 1. The highest BCUT2D eigenvalue weighted by Gasteiger charge is 2.21. The zero-order valence-electron chi connectivity index (χ0n) is 17.4. The second kappa shape index (κ2) is 8.41. The molecule has 0 saturated heterocycles. The first-order valence-corrected chi connectivity index (χ1v) is 10.1. The number of benzene rings is 2. The first-order valence-electron chi connectivity index (χ1n) is 10.1. The first kappa shape index (κ1) is 19.7. The summed E-state index contributed by atoms with van der Waals surface area (Å²) in [6.07, 6.45) is 0. The standard InChI is InChI=1S/C25H25N3O2/c1-4-30-20-13-10-18(11-14-20)23(28-22-7-5-6-16(2)26-22)21-15-12-19-9-8-17(3)27-24(19)25(21)29/h5-15,23,29H,4H2,1-3H3,(H,26,28)/t23-/m0/s1. The van der Waals surface area contributed by atoms with Crippen molar-refractivity contribution >= 4 is 16.7 Å². The highest BCUT2D eigenvalue weighted by atomic mass is 16.5. The van der Waals surface area contributed by atoms with Gasteiger partial charge in [0.05, 0.1) is 12.6 Å². The van der Waals surface area contributed by atoms with Crippen LogP contribution in [0, 0.1) is 13.8 Å². The van der Waals surface area contributed by atoms with Crippen LogP contribution in [0.25, 0.3) is 10.9 Å². The van der Waals surface area contributed by atoms with Crippen LogP contribution in [0.5, 0.6) is 11.5 Å². The average Bonchev–Trinajstić information content (AvgIpc) is 2.74. The van der Waals surface area contributed by atoms with Gasteiger partial charge in [0.25, 0.3) is 0 Å². The molecule has 5 nitrogen and oxygen atoms in total. The second-order valence-corrected chi connectivity index (χ2v) is 7.27.